The molecule has 55 heavy (non-hydrogen) atoms. The molecule has 0 radical (unpaired) electrons. The largest absolute Gasteiger partial charge is 0.497 e. The highest BCUT2D eigenvalue weighted by molar-refractivity contribution is 8.76. The van der Waals surface area contributed by atoms with Gasteiger partial charge in [0.25, 0.3) is 5.91 Å². The van der Waals surface area contributed by atoms with Crippen LogP contribution in [0.4, 0.5) is 0 Å². The van der Waals surface area contributed by atoms with Crippen LogP contribution in [0, 0.1) is 6.92 Å². The summed E-state index contributed by atoms with van der Waals surface area (Å²) >= 11 is 6.04. The number of fused-ring (bicyclic) bond motifs is 1. The third kappa shape index (κ3) is 17.4. The van der Waals surface area contributed by atoms with Crippen molar-refractivity contribution >= 4 is 61.8 Å². The van der Waals surface area contributed by atoms with Crippen molar-refractivity contribution in [1.29, 1.82) is 0 Å². The quantitative estimate of drug-likeness (QED) is 0.0504. The number of carbonyl (C=O) groups is 3. The molecule has 0 unspecified atom stereocenters. The summed E-state index contributed by atoms with van der Waals surface area (Å²) in [5.74, 6) is 1.92. The van der Waals surface area contributed by atoms with Crippen molar-refractivity contribution in [3.05, 3.63) is 137 Å². The minimum absolute atomic E-state index is 0.0570. The molecule has 10 heteroatoms. The van der Waals surface area contributed by atoms with E-state index in [0.29, 0.717) is 47.1 Å². The van der Waals surface area contributed by atoms with Crippen LogP contribution in [0.25, 0.3) is 10.9 Å². The Bertz CT molecular complexity index is 1820. The van der Waals surface area contributed by atoms with Crippen LogP contribution >= 0.6 is 33.2 Å². The van der Waals surface area contributed by atoms with Gasteiger partial charge in [-0.1, -0.05) is 113 Å². The number of hydrogen-bond donors (Lipinski definition) is 2. The van der Waals surface area contributed by atoms with E-state index < -0.39 is 0 Å². The van der Waals surface area contributed by atoms with E-state index in [9.17, 15) is 14.4 Å². The molecule has 1 aromatic heterocycles. The van der Waals surface area contributed by atoms with Gasteiger partial charge in [0.1, 0.15) is 5.75 Å². The first-order valence-corrected chi connectivity index (χ1v) is 21.9. The van der Waals surface area contributed by atoms with Crippen LogP contribution < -0.4 is 15.4 Å². The number of benzene rings is 2. The van der Waals surface area contributed by atoms with Gasteiger partial charge in [-0.3, -0.25) is 19.0 Å². The molecule has 2 N–H and O–H groups in total. The third-order valence-electron chi connectivity index (χ3n) is 8.41. The van der Waals surface area contributed by atoms with E-state index in [-0.39, 0.29) is 24.1 Å². The van der Waals surface area contributed by atoms with Crippen LogP contribution in [-0.4, -0.2) is 54.0 Å². The zero-order chi connectivity index (χ0) is 39.5. The number of nitrogens with zero attached hydrogens (tertiary/aromatic N) is 1. The molecule has 0 aliphatic rings. The normalized spacial score (nSPS) is 12.1. The van der Waals surface area contributed by atoms with Gasteiger partial charge in [0.15, 0.2) is 0 Å². The summed E-state index contributed by atoms with van der Waals surface area (Å²) in [5, 5.41) is 7.34. The van der Waals surface area contributed by atoms with Gasteiger partial charge < -0.3 is 15.4 Å². The van der Waals surface area contributed by atoms with Gasteiger partial charge >= 0.3 is 0 Å². The molecule has 0 saturated carbocycles. The molecule has 0 aliphatic heterocycles. The van der Waals surface area contributed by atoms with Gasteiger partial charge in [-0.2, -0.15) is 0 Å². The highest BCUT2D eigenvalue weighted by Gasteiger charge is 2.22. The number of halogens is 1. The maximum absolute atomic E-state index is 13.5. The number of ether oxygens (including phenoxy) is 1. The fourth-order valence-electron chi connectivity index (χ4n) is 5.54. The molecule has 294 valence electrons. The van der Waals surface area contributed by atoms with E-state index in [1.54, 1.807) is 57.5 Å². The minimum atomic E-state index is -0.189. The number of nitrogens with one attached hydrogen (secondary N) is 2. The number of rotatable bonds is 25. The molecule has 2 amide bonds. The number of amides is 2. The summed E-state index contributed by atoms with van der Waals surface area (Å²) in [6.07, 6.45) is 33.3. The van der Waals surface area contributed by atoms with Crippen molar-refractivity contribution in [3.8, 4) is 5.75 Å². The summed E-state index contributed by atoms with van der Waals surface area (Å²) in [6.45, 7) is 5.13. The SMILES string of the molecule is CCC=CCC=CCC=CCC=CCC=CCC=CCCC(=O)NCCSSCCNC(=O)Cc1c(C)n(C(=O)c2ccc(Cl)cc2)c2ccc(OC)cc12. The fraction of sp³-hybridized carbons (Fsp3) is 0.356. The summed E-state index contributed by atoms with van der Waals surface area (Å²) in [5.41, 5.74) is 2.72. The Morgan fingerprint density at radius 3 is 1.80 bits per heavy atom. The van der Waals surface area contributed by atoms with E-state index in [1.165, 1.54) is 0 Å². The average Bonchev–Trinajstić information content (AvgIpc) is 3.45. The fourth-order valence-corrected chi connectivity index (χ4v) is 7.48. The second kappa shape index (κ2) is 27.4. The van der Waals surface area contributed by atoms with Gasteiger partial charge in [0.05, 0.1) is 19.0 Å². The molecule has 2 aromatic carbocycles. The molecule has 7 nitrogen and oxygen atoms in total. The van der Waals surface area contributed by atoms with Gasteiger partial charge in [0.2, 0.25) is 11.8 Å². The second-order valence-corrected chi connectivity index (χ2v) is 15.7. The Balaban J connectivity index is 1.24. The smallest absolute Gasteiger partial charge is 0.262 e. The van der Waals surface area contributed by atoms with Crippen LogP contribution in [0.15, 0.2) is 115 Å². The number of hydrogen-bond acceptors (Lipinski definition) is 6. The van der Waals surface area contributed by atoms with Crippen LogP contribution in [0.2, 0.25) is 5.02 Å². The van der Waals surface area contributed by atoms with Crippen LogP contribution in [0.3, 0.4) is 0 Å². The minimum Gasteiger partial charge on any atom is -0.497 e. The predicted octanol–water partition coefficient (Wildman–Crippen LogP) is 10.9. The number of carbonyl (C=O) groups excluding carboxylic acids is 3. The molecule has 0 fully saturated rings. The molecule has 0 saturated heterocycles. The lowest BCUT2D eigenvalue weighted by Crippen LogP contribution is -2.27. The van der Waals surface area contributed by atoms with Crippen LogP contribution in [-0.2, 0) is 16.0 Å². The first-order valence-electron chi connectivity index (χ1n) is 19.0. The van der Waals surface area contributed by atoms with Crippen LogP contribution in [0.5, 0.6) is 5.75 Å². The Labute approximate surface area is 340 Å². The van der Waals surface area contributed by atoms with Crippen LogP contribution in [0.1, 0.15) is 79.9 Å². The summed E-state index contributed by atoms with van der Waals surface area (Å²) in [4.78, 5) is 38.7. The monoisotopic (exact) mass is 801 g/mol. The molecule has 3 rings (SSSR count). The number of methoxy groups -OCH3 is 1. The van der Waals surface area contributed by atoms with E-state index in [4.69, 9.17) is 16.3 Å². The molecule has 0 bridgehead atoms. The van der Waals surface area contributed by atoms with Crippen molar-refractivity contribution in [1.82, 2.24) is 15.2 Å². The number of aromatic nitrogens is 1. The van der Waals surface area contributed by atoms with Crippen molar-refractivity contribution in [2.24, 2.45) is 0 Å². The van der Waals surface area contributed by atoms with E-state index >= 15 is 0 Å². The van der Waals surface area contributed by atoms with E-state index in [1.807, 2.05) is 25.1 Å². The lowest BCUT2D eigenvalue weighted by atomic mass is 10.1. The van der Waals surface area contributed by atoms with Gasteiger partial charge in [-0.25, -0.2) is 0 Å². The highest BCUT2D eigenvalue weighted by Crippen LogP contribution is 2.31. The Morgan fingerprint density at radius 1 is 0.727 bits per heavy atom. The summed E-state index contributed by atoms with van der Waals surface area (Å²) in [7, 11) is 4.92. The topological polar surface area (TPSA) is 89.4 Å². The van der Waals surface area contributed by atoms with Gasteiger partial charge in [0, 0.05) is 52.7 Å². The third-order valence-corrected chi connectivity index (χ3v) is 11.1. The molecule has 1 heterocycles. The molecular weight excluding hydrogens is 746 g/mol. The van der Waals surface area contributed by atoms with E-state index in [0.717, 1.165) is 67.4 Å². The zero-order valence-electron chi connectivity index (χ0n) is 32.4. The van der Waals surface area contributed by atoms with Crippen molar-refractivity contribution in [2.75, 3.05) is 31.7 Å². The van der Waals surface area contributed by atoms with Gasteiger partial charge in [-0.05, 0) is 99.9 Å². The average molecular weight is 803 g/mol. The van der Waals surface area contributed by atoms with Crippen molar-refractivity contribution < 1.29 is 19.1 Å². The first kappa shape index (κ1) is 45.2. The van der Waals surface area contributed by atoms with Crippen molar-refractivity contribution in [3.63, 3.8) is 0 Å². The molecule has 0 aliphatic carbocycles. The maximum atomic E-state index is 13.5. The lowest BCUT2D eigenvalue weighted by Gasteiger charge is -2.08. The Hall–Kier alpha value is -4.18. The molecule has 0 atom stereocenters. The standard InChI is InChI=1S/C45H56ClN3O4S2/c1-4-5-6-7-8-9-10-11-12-13-14-15-16-17-18-19-20-21-22-23-43(50)47-30-32-54-55-33-31-48-44(51)35-40-36(2)49(42-29-28-39(53-3)34-41(40)42)45(52)37-24-26-38(46)27-25-37/h5-6,8-9,11-12,14-15,17-18,20-21,24-29,34H,4,7,10,13,16,19,22-23,30-33,35H2,1-3H3,(H,47,50)(H,48,51). The molecule has 0 spiro atoms. The Kier molecular flexibility index (Phi) is 22.5. The van der Waals surface area contributed by atoms with Crippen molar-refractivity contribution in [2.45, 2.75) is 71.6 Å². The lowest BCUT2D eigenvalue weighted by molar-refractivity contribution is -0.121. The first-order chi connectivity index (χ1) is 26.8. The summed E-state index contributed by atoms with van der Waals surface area (Å²) in [6, 6.07) is 12.3. The van der Waals surface area contributed by atoms with E-state index in [2.05, 4.69) is 90.5 Å². The van der Waals surface area contributed by atoms with Gasteiger partial charge in [-0.15, -0.1) is 0 Å². The predicted molar refractivity (Wildman–Crippen MR) is 236 cm³/mol. The Morgan fingerprint density at radius 2 is 1.25 bits per heavy atom. The molecule has 3 aromatic rings. The highest BCUT2D eigenvalue weighted by atomic mass is 35.5. The second-order valence-electron chi connectivity index (χ2n) is 12.6. The number of allylic oxidation sites excluding steroid dienone is 12. The molecular formula is C45H56ClN3O4S2. The zero-order valence-corrected chi connectivity index (χ0v) is 34.8. The summed E-state index contributed by atoms with van der Waals surface area (Å²) < 4.78 is 7.09. The maximum Gasteiger partial charge on any atom is 0.262 e.